The molecule has 0 bridgehead atoms. The molecule has 0 unspecified atom stereocenters. The van der Waals surface area contributed by atoms with Crippen molar-refractivity contribution in [1.82, 2.24) is 4.90 Å². The van der Waals surface area contributed by atoms with E-state index in [0.29, 0.717) is 6.54 Å². The van der Waals surface area contributed by atoms with Crippen molar-refractivity contribution in [2.45, 2.75) is 26.8 Å². The van der Waals surface area contributed by atoms with Crippen LogP contribution in [0, 0.1) is 13.8 Å². The SMILES string of the molecule is Cc1cccc(NC(=O)CN2CCc3sccc3C2)c1C. The quantitative estimate of drug-likeness (QED) is 0.942. The lowest BCUT2D eigenvalue weighted by Crippen LogP contribution is -2.36. The zero-order valence-electron chi connectivity index (χ0n) is 12.5. The molecule has 1 N–H and O–H groups in total. The van der Waals surface area contributed by atoms with E-state index in [1.165, 1.54) is 16.0 Å². The Morgan fingerprint density at radius 3 is 3.05 bits per heavy atom. The van der Waals surface area contributed by atoms with E-state index in [1.54, 1.807) is 0 Å². The normalized spacial score (nSPS) is 14.8. The Hall–Kier alpha value is -1.65. The summed E-state index contributed by atoms with van der Waals surface area (Å²) in [5.74, 6) is 0.0716. The van der Waals surface area contributed by atoms with Gasteiger partial charge in [0.1, 0.15) is 0 Å². The second kappa shape index (κ2) is 6.00. The number of hydrogen-bond donors (Lipinski definition) is 1. The van der Waals surface area contributed by atoms with Crippen molar-refractivity contribution < 1.29 is 4.79 Å². The molecule has 0 saturated carbocycles. The number of nitrogens with zero attached hydrogens (tertiary/aromatic N) is 1. The summed E-state index contributed by atoms with van der Waals surface area (Å²) in [5.41, 5.74) is 4.65. The maximum absolute atomic E-state index is 12.2. The molecule has 0 radical (unpaired) electrons. The second-order valence-electron chi connectivity index (χ2n) is 5.63. The fourth-order valence-corrected chi connectivity index (χ4v) is 3.61. The van der Waals surface area contributed by atoms with Crippen molar-refractivity contribution in [3.63, 3.8) is 0 Å². The van der Waals surface area contributed by atoms with Crippen molar-refractivity contribution in [3.05, 3.63) is 51.2 Å². The molecule has 110 valence electrons. The molecule has 2 heterocycles. The van der Waals surface area contributed by atoms with Gasteiger partial charge in [-0.2, -0.15) is 0 Å². The largest absolute Gasteiger partial charge is 0.325 e. The van der Waals surface area contributed by atoms with E-state index in [4.69, 9.17) is 0 Å². The van der Waals surface area contributed by atoms with E-state index >= 15 is 0 Å². The number of anilines is 1. The molecule has 3 nitrogen and oxygen atoms in total. The van der Waals surface area contributed by atoms with E-state index in [-0.39, 0.29) is 5.91 Å². The third kappa shape index (κ3) is 3.17. The maximum Gasteiger partial charge on any atom is 0.238 e. The number of carbonyl (C=O) groups excluding carboxylic acids is 1. The first-order chi connectivity index (χ1) is 10.1. The van der Waals surface area contributed by atoms with Crippen LogP contribution >= 0.6 is 11.3 Å². The number of rotatable bonds is 3. The van der Waals surface area contributed by atoms with Crippen LogP contribution in [-0.2, 0) is 17.8 Å². The van der Waals surface area contributed by atoms with Crippen LogP contribution in [-0.4, -0.2) is 23.9 Å². The van der Waals surface area contributed by atoms with Crippen LogP contribution in [0.3, 0.4) is 0 Å². The molecule has 0 saturated heterocycles. The zero-order valence-corrected chi connectivity index (χ0v) is 13.3. The Morgan fingerprint density at radius 2 is 2.19 bits per heavy atom. The smallest absolute Gasteiger partial charge is 0.238 e. The van der Waals surface area contributed by atoms with Gasteiger partial charge in [0, 0.05) is 23.7 Å². The molecule has 0 aliphatic carbocycles. The first-order valence-electron chi connectivity index (χ1n) is 7.27. The summed E-state index contributed by atoms with van der Waals surface area (Å²) < 4.78 is 0. The summed E-state index contributed by atoms with van der Waals surface area (Å²) in [6.45, 7) is 6.42. The fraction of sp³-hybridized carbons (Fsp3) is 0.353. The molecule has 1 amide bonds. The predicted octanol–water partition coefficient (Wildman–Crippen LogP) is 3.36. The Morgan fingerprint density at radius 1 is 1.33 bits per heavy atom. The summed E-state index contributed by atoms with van der Waals surface area (Å²) in [6.07, 6.45) is 1.06. The lowest BCUT2D eigenvalue weighted by atomic mass is 10.1. The van der Waals surface area contributed by atoms with Crippen LogP contribution in [0.1, 0.15) is 21.6 Å². The van der Waals surface area contributed by atoms with Crippen molar-refractivity contribution in [1.29, 1.82) is 0 Å². The Kier molecular flexibility index (Phi) is 4.08. The first-order valence-corrected chi connectivity index (χ1v) is 8.15. The molecule has 4 heteroatoms. The van der Waals surface area contributed by atoms with Gasteiger partial charge >= 0.3 is 0 Å². The molecule has 0 fully saturated rings. The van der Waals surface area contributed by atoms with Gasteiger partial charge in [-0.05, 0) is 54.5 Å². The van der Waals surface area contributed by atoms with E-state index in [2.05, 4.69) is 34.7 Å². The monoisotopic (exact) mass is 300 g/mol. The number of hydrogen-bond acceptors (Lipinski definition) is 3. The van der Waals surface area contributed by atoms with Crippen molar-refractivity contribution in [2.75, 3.05) is 18.4 Å². The molecule has 1 aromatic heterocycles. The maximum atomic E-state index is 12.2. The lowest BCUT2D eigenvalue weighted by Gasteiger charge is -2.26. The lowest BCUT2D eigenvalue weighted by molar-refractivity contribution is -0.117. The average molecular weight is 300 g/mol. The molecular formula is C17H20N2OS. The van der Waals surface area contributed by atoms with Crippen molar-refractivity contribution >= 4 is 22.9 Å². The van der Waals surface area contributed by atoms with Gasteiger partial charge in [0.15, 0.2) is 0 Å². The topological polar surface area (TPSA) is 32.3 Å². The van der Waals surface area contributed by atoms with Crippen molar-refractivity contribution in [2.24, 2.45) is 0 Å². The molecule has 1 aliphatic rings. The molecule has 1 aliphatic heterocycles. The summed E-state index contributed by atoms with van der Waals surface area (Å²) in [4.78, 5) is 15.9. The number of carbonyl (C=O) groups is 1. The number of amides is 1. The molecular weight excluding hydrogens is 280 g/mol. The van der Waals surface area contributed by atoms with Crippen molar-refractivity contribution in [3.8, 4) is 0 Å². The van der Waals surface area contributed by atoms with E-state index in [9.17, 15) is 4.79 Å². The van der Waals surface area contributed by atoms with Crippen LogP contribution in [0.15, 0.2) is 29.6 Å². The first kappa shape index (κ1) is 14.3. The Balaban J connectivity index is 1.61. The van der Waals surface area contributed by atoms with Gasteiger partial charge in [0.05, 0.1) is 6.54 Å². The average Bonchev–Trinajstić information content (AvgIpc) is 2.91. The highest BCUT2D eigenvalue weighted by atomic mass is 32.1. The number of fused-ring (bicyclic) bond motifs is 1. The zero-order chi connectivity index (χ0) is 14.8. The standard InChI is InChI=1S/C17H20N2OS/c1-12-4-3-5-15(13(12)2)18-17(20)11-19-8-6-16-14(10-19)7-9-21-16/h3-5,7,9H,6,8,10-11H2,1-2H3,(H,18,20). The van der Waals surface area contributed by atoms with Gasteiger partial charge < -0.3 is 5.32 Å². The Labute approximate surface area is 129 Å². The molecule has 2 aromatic rings. The van der Waals surface area contributed by atoms with Gasteiger partial charge in [-0.3, -0.25) is 9.69 Å². The van der Waals surface area contributed by atoms with Crippen LogP contribution < -0.4 is 5.32 Å². The molecule has 0 atom stereocenters. The van der Waals surface area contributed by atoms with Gasteiger partial charge in [-0.15, -0.1) is 11.3 Å². The molecule has 3 rings (SSSR count). The summed E-state index contributed by atoms with van der Waals surface area (Å²) in [5, 5.41) is 5.18. The van der Waals surface area contributed by atoms with Crippen LogP contribution in [0.2, 0.25) is 0 Å². The van der Waals surface area contributed by atoms with E-state index < -0.39 is 0 Å². The number of thiophene rings is 1. The minimum Gasteiger partial charge on any atom is -0.325 e. The van der Waals surface area contributed by atoms with E-state index in [1.807, 2.05) is 30.4 Å². The van der Waals surface area contributed by atoms with Crippen LogP contribution in [0.4, 0.5) is 5.69 Å². The van der Waals surface area contributed by atoms with E-state index in [0.717, 1.165) is 30.8 Å². The summed E-state index contributed by atoms with van der Waals surface area (Å²) >= 11 is 1.83. The number of benzene rings is 1. The molecule has 0 spiro atoms. The predicted molar refractivity (Wildman–Crippen MR) is 87.8 cm³/mol. The van der Waals surface area contributed by atoms with Gasteiger partial charge in [-0.25, -0.2) is 0 Å². The fourth-order valence-electron chi connectivity index (χ4n) is 2.72. The van der Waals surface area contributed by atoms with Gasteiger partial charge in [0.25, 0.3) is 0 Å². The number of nitrogens with one attached hydrogen (secondary N) is 1. The minimum atomic E-state index is 0.0716. The summed E-state index contributed by atoms with van der Waals surface area (Å²) in [7, 11) is 0. The van der Waals surface area contributed by atoms with Gasteiger partial charge in [0.2, 0.25) is 5.91 Å². The minimum absolute atomic E-state index is 0.0716. The highest BCUT2D eigenvalue weighted by Crippen LogP contribution is 2.24. The molecule has 1 aromatic carbocycles. The third-order valence-electron chi connectivity index (χ3n) is 4.13. The second-order valence-corrected chi connectivity index (χ2v) is 6.63. The number of aryl methyl sites for hydroxylation is 1. The third-order valence-corrected chi connectivity index (χ3v) is 5.16. The highest BCUT2D eigenvalue weighted by Gasteiger charge is 2.19. The Bertz CT molecular complexity index is 663. The van der Waals surface area contributed by atoms with Crippen LogP contribution in [0.5, 0.6) is 0 Å². The highest BCUT2D eigenvalue weighted by molar-refractivity contribution is 7.10. The summed E-state index contributed by atoms with van der Waals surface area (Å²) in [6, 6.07) is 8.19. The van der Waals surface area contributed by atoms with Crippen LogP contribution in [0.25, 0.3) is 0 Å². The van der Waals surface area contributed by atoms with Gasteiger partial charge in [-0.1, -0.05) is 12.1 Å². The molecule has 21 heavy (non-hydrogen) atoms.